The monoisotopic (exact) mass is 602 g/mol. The molecule has 13 heteroatoms. The van der Waals surface area contributed by atoms with Gasteiger partial charge in [-0.3, -0.25) is 9.59 Å². The minimum absolute atomic E-state index is 0.0340. The highest BCUT2D eigenvalue weighted by molar-refractivity contribution is 7.89. The molecule has 2 aromatic carbocycles. The minimum Gasteiger partial charge on any atom is -0.497 e. The highest BCUT2D eigenvalue weighted by Gasteiger charge is 2.31. The molecule has 0 saturated heterocycles. The number of rotatable bonds is 14. The van der Waals surface area contributed by atoms with Gasteiger partial charge in [0.25, 0.3) is 5.91 Å². The Morgan fingerprint density at radius 2 is 1.86 bits per heavy atom. The van der Waals surface area contributed by atoms with Gasteiger partial charge in [0.2, 0.25) is 16.3 Å². The summed E-state index contributed by atoms with van der Waals surface area (Å²) >= 11 is 0. The van der Waals surface area contributed by atoms with E-state index in [-0.39, 0.29) is 48.7 Å². The van der Waals surface area contributed by atoms with Crippen molar-refractivity contribution in [2.75, 3.05) is 53.7 Å². The van der Waals surface area contributed by atoms with E-state index in [0.29, 0.717) is 28.9 Å². The number of para-hydroxylation sites is 1. The Balaban J connectivity index is 1.52. The van der Waals surface area contributed by atoms with Crippen molar-refractivity contribution < 1.29 is 41.7 Å². The Morgan fingerprint density at radius 3 is 2.57 bits per heavy atom. The summed E-state index contributed by atoms with van der Waals surface area (Å²) in [6.07, 6.45) is 2.12. The molecule has 4 rings (SSSR count). The third-order valence-electron chi connectivity index (χ3n) is 6.67. The Hall–Kier alpha value is -3.75. The Kier molecular flexibility index (Phi) is 10.7. The van der Waals surface area contributed by atoms with Crippen LogP contribution < -0.4 is 15.5 Å². The summed E-state index contributed by atoms with van der Waals surface area (Å²) in [7, 11) is -0.963. The predicted octanol–water partition coefficient (Wildman–Crippen LogP) is 1.98. The minimum atomic E-state index is -3.95. The fraction of sp³-hybridized carbons (Fsp3) is 0.379. The first-order valence-corrected chi connectivity index (χ1v) is 14.7. The molecule has 2 heterocycles. The van der Waals surface area contributed by atoms with Crippen LogP contribution in [0.15, 0.2) is 80.7 Å². The maximum atomic E-state index is 13.3. The van der Waals surface area contributed by atoms with Gasteiger partial charge in [0.05, 0.1) is 43.5 Å². The lowest BCUT2D eigenvalue weighted by molar-refractivity contribution is -0.146. The Bertz CT molecular complexity index is 1550. The molecule has 1 aromatic heterocycles. The van der Waals surface area contributed by atoms with Crippen molar-refractivity contribution in [3.8, 4) is 5.75 Å². The van der Waals surface area contributed by atoms with E-state index in [1.54, 1.807) is 30.3 Å². The molecule has 3 aromatic rings. The lowest BCUT2D eigenvalue weighted by Crippen LogP contribution is -2.38. The van der Waals surface area contributed by atoms with Gasteiger partial charge >= 0.3 is 0 Å². The van der Waals surface area contributed by atoms with Crippen LogP contribution in [0.2, 0.25) is 0 Å². The molecule has 2 atom stereocenters. The van der Waals surface area contributed by atoms with E-state index in [1.807, 2.05) is 0 Å². The lowest BCUT2D eigenvalue weighted by Gasteiger charge is -2.29. The fourth-order valence-corrected chi connectivity index (χ4v) is 5.90. The number of allylic oxidation sites excluding steroid dienone is 1. The van der Waals surface area contributed by atoms with Gasteiger partial charge in [-0.25, -0.2) is 8.42 Å². The Labute approximate surface area is 243 Å². The molecule has 0 radical (unpaired) electrons. The zero-order valence-electron chi connectivity index (χ0n) is 23.4. The second-order valence-electron chi connectivity index (χ2n) is 9.36. The number of aliphatic hydroxyl groups is 1. The number of fused-ring (bicyclic) bond motifs is 1. The first-order chi connectivity index (χ1) is 20.3. The van der Waals surface area contributed by atoms with Gasteiger partial charge in [-0.2, -0.15) is 4.31 Å². The van der Waals surface area contributed by atoms with Crippen molar-refractivity contribution in [2.24, 2.45) is 0 Å². The molecule has 2 N–H and O–H groups in total. The molecule has 1 amide bonds. The molecule has 0 aliphatic carbocycles. The van der Waals surface area contributed by atoms with Crippen LogP contribution in [-0.2, 0) is 29.0 Å². The van der Waals surface area contributed by atoms with Gasteiger partial charge in [0.15, 0.2) is 11.2 Å². The standard InChI is InChI=1S/C29H34N2O10S/c1-37-15-11-30-29(34)26-17-20(24-19-40-25-6-4-3-5-23(25)28(24)33)18-27(41-26)39-16-13-31(12-14-32)42(35,36)22-9-7-21(38-2)8-10-22/h3-10,17,19-20,27,32H,11-16,18H2,1-2H3,(H,30,34). The van der Waals surface area contributed by atoms with Gasteiger partial charge in [-0.15, -0.1) is 0 Å². The number of methoxy groups -OCH3 is 2. The number of hydrogen-bond donors (Lipinski definition) is 2. The average molecular weight is 603 g/mol. The number of carbonyl (C=O) groups is 1. The summed E-state index contributed by atoms with van der Waals surface area (Å²) in [5, 5.41) is 12.6. The predicted molar refractivity (Wildman–Crippen MR) is 152 cm³/mol. The van der Waals surface area contributed by atoms with Crippen molar-refractivity contribution in [3.05, 3.63) is 82.4 Å². The van der Waals surface area contributed by atoms with E-state index in [9.17, 15) is 23.1 Å². The smallest absolute Gasteiger partial charge is 0.286 e. The molecule has 1 aliphatic heterocycles. The molecule has 2 unspecified atom stereocenters. The summed E-state index contributed by atoms with van der Waals surface area (Å²) in [4.78, 5) is 26.2. The maximum absolute atomic E-state index is 13.3. The molecule has 0 bridgehead atoms. The lowest BCUT2D eigenvalue weighted by atomic mass is 9.93. The van der Waals surface area contributed by atoms with E-state index < -0.39 is 34.7 Å². The molecule has 42 heavy (non-hydrogen) atoms. The number of hydrogen-bond acceptors (Lipinski definition) is 10. The van der Waals surface area contributed by atoms with Gasteiger partial charge in [0, 0.05) is 44.6 Å². The average Bonchev–Trinajstić information content (AvgIpc) is 3.01. The first kappa shape index (κ1) is 31.2. The quantitative estimate of drug-likeness (QED) is 0.262. The van der Waals surface area contributed by atoms with Crippen LogP contribution in [0.4, 0.5) is 0 Å². The van der Waals surface area contributed by atoms with E-state index in [1.165, 1.54) is 44.7 Å². The van der Waals surface area contributed by atoms with Crippen molar-refractivity contribution >= 4 is 26.9 Å². The van der Waals surface area contributed by atoms with Crippen molar-refractivity contribution in [2.45, 2.75) is 23.5 Å². The van der Waals surface area contributed by atoms with Gasteiger partial charge in [-0.1, -0.05) is 12.1 Å². The summed E-state index contributed by atoms with van der Waals surface area (Å²) in [5.74, 6) is -0.632. The summed E-state index contributed by atoms with van der Waals surface area (Å²) < 4.78 is 55.0. The van der Waals surface area contributed by atoms with E-state index in [2.05, 4.69) is 5.32 Å². The first-order valence-electron chi connectivity index (χ1n) is 13.3. The van der Waals surface area contributed by atoms with Crippen LogP contribution in [0.25, 0.3) is 11.0 Å². The normalized spacial score (nSPS) is 17.1. The van der Waals surface area contributed by atoms with Gasteiger partial charge in [-0.05, 0) is 42.5 Å². The molecule has 0 fully saturated rings. The zero-order valence-corrected chi connectivity index (χ0v) is 24.2. The van der Waals surface area contributed by atoms with Crippen LogP contribution in [0.1, 0.15) is 17.9 Å². The molecule has 1 aliphatic rings. The third-order valence-corrected chi connectivity index (χ3v) is 8.58. The molecule has 12 nitrogen and oxygen atoms in total. The second kappa shape index (κ2) is 14.4. The summed E-state index contributed by atoms with van der Waals surface area (Å²) in [6.45, 7) is -0.237. The maximum Gasteiger partial charge on any atom is 0.286 e. The number of nitrogens with one attached hydrogen (secondary N) is 1. The number of nitrogens with zero attached hydrogens (tertiary/aromatic N) is 1. The van der Waals surface area contributed by atoms with Crippen molar-refractivity contribution in [1.29, 1.82) is 0 Å². The number of ether oxygens (including phenoxy) is 4. The second-order valence-corrected chi connectivity index (χ2v) is 11.3. The molecule has 0 saturated carbocycles. The van der Waals surface area contributed by atoms with E-state index in [0.717, 1.165) is 4.31 Å². The van der Waals surface area contributed by atoms with Crippen LogP contribution in [-0.4, -0.2) is 83.7 Å². The number of benzene rings is 2. The van der Waals surface area contributed by atoms with Crippen molar-refractivity contribution in [1.82, 2.24) is 9.62 Å². The summed E-state index contributed by atoms with van der Waals surface area (Å²) in [5.41, 5.74) is 0.532. The van der Waals surface area contributed by atoms with Crippen LogP contribution in [0.5, 0.6) is 5.75 Å². The number of carbonyl (C=O) groups excluding carboxylic acids is 1. The Morgan fingerprint density at radius 1 is 1.10 bits per heavy atom. The molecular formula is C29H34N2O10S. The van der Waals surface area contributed by atoms with Crippen molar-refractivity contribution in [3.63, 3.8) is 0 Å². The molecular weight excluding hydrogens is 568 g/mol. The summed E-state index contributed by atoms with van der Waals surface area (Å²) in [6, 6.07) is 12.8. The molecule has 0 spiro atoms. The van der Waals surface area contributed by atoms with Gasteiger partial charge < -0.3 is 33.8 Å². The van der Waals surface area contributed by atoms with E-state index in [4.69, 9.17) is 23.4 Å². The number of amides is 1. The topological polar surface area (TPSA) is 154 Å². The highest BCUT2D eigenvalue weighted by Crippen LogP contribution is 2.31. The van der Waals surface area contributed by atoms with Crippen LogP contribution in [0, 0.1) is 0 Å². The zero-order chi connectivity index (χ0) is 30.1. The third kappa shape index (κ3) is 7.36. The van der Waals surface area contributed by atoms with E-state index >= 15 is 0 Å². The van der Waals surface area contributed by atoms with Crippen LogP contribution >= 0.6 is 0 Å². The number of sulfonamides is 1. The SMILES string of the molecule is COCCNC(=O)C1=CC(c2coc3ccccc3c2=O)CC(OCCN(CCO)S(=O)(=O)c2ccc(OC)cc2)O1. The number of aliphatic hydroxyl groups excluding tert-OH is 1. The van der Waals surface area contributed by atoms with Crippen LogP contribution in [0.3, 0.4) is 0 Å². The fourth-order valence-electron chi connectivity index (χ4n) is 4.48. The molecule has 226 valence electrons. The largest absolute Gasteiger partial charge is 0.497 e. The highest BCUT2D eigenvalue weighted by atomic mass is 32.2. The van der Waals surface area contributed by atoms with Gasteiger partial charge in [0.1, 0.15) is 11.3 Å².